The minimum atomic E-state index is -0.838. The molecule has 0 unspecified atom stereocenters. The summed E-state index contributed by atoms with van der Waals surface area (Å²) in [4.78, 5) is 27.9. The van der Waals surface area contributed by atoms with Crippen molar-refractivity contribution in [1.82, 2.24) is 10.1 Å². The molecule has 3 aromatic rings. The highest BCUT2D eigenvalue weighted by molar-refractivity contribution is 6.08. The first-order chi connectivity index (χ1) is 13.7. The largest absolute Gasteiger partial charge is 0.481 e. The van der Waals surface area contributed by atoms with Crippen LogP contribution in [0.5, 0.6) is 0 Å². The van der Waals surface area contributed by atoms with Crippen LogP contribution >= 0.6 is 0 Å². The summed E-state index contributed by atoms with van der Waals surface area (Å²) in [5, 5.41) is 15.6. The van der Waals surface area contributed by atoms with Gasteiger partial charge in [-0.3, -0.25) is 9.59 Å². The number of aliphatic carboxylic acids is 1. The lowest BCUT2D eigenvalue weighted by Gasteiger charge is -2.11. The number of carboxylic acid groups (broad SMARTS) is 1. The van der Waals surface area contributed by atoms with Crippen LogP contribution in [0.25, 0.3) is 11.5 Å². The fourth-order valence-corrected chi connectivity index (χ4v) is 2.71. The van der Waals surface area contributed by atoms with Crippen molar-refractivity contribution in [2.75, 3.05) is 5.32 Å². The predicted octanol–water partition coefficient (Wildman–Crippen LogP) is 4.30. The Balaban J connectivity index is 1.78. The molecule has 0 spiro atoms. The van der Waals surface area contributed by atoms with Crippen molar-refractivity contribution in [3.8, 4) is 11.5 Å². The number of aryl methyl sites for hydroxylation is 1. The van der Waals surface area contributed by atoms with Crippen LogP contribution in [0.1, 0.15) is 48.9 Å². The number of nitrogens with zero attached hydrogens (tertiary/aromatic N) is 2. The summed E-state index contributed by atoms with van der Waals surface area (Å²) in [5.74, 6) is -0.270. The summed E-state index contributed by atoms with van der Waals surface area (Å²) < 4.78 is 5.39. The first kappa shape index (κ1) is 20.3. The first-order valence-electron chi connectivity index (χ1n) is 9.30. The van der Waals surface area contributed by atoms with Gasteiger partial charge in [0.15, 0.2) is 5.82 Å². The van der Waals surface area contributed by atoms with Crippen LogP contribution in [0.2, 0.25) is 0 Å². The zero-order valence-electron chi connectivity index (χ0n) is 16.6. The van der Waals surface area contributed by atoms with Gasteiger partial charge in [0.2, 0.25) is 0 Å². The number of hydrogen-bond donors (Lipinski definition) is 2. The van der Waals surface area contributed by atoms with E-state index in [1.807, 2.05) is 26.8 Å². The van der Waals surface area contributed by atoms with Gasteiger partial charge in [-0.2, -0.15) is 4.98 Å². The van der Waals surface area contributed by atoms with Crippen LogP contribution in [-0.2, 0) is 16.6 Å². The Kier molecular flexibility index (Phi) is 5.77. The molecule has 7 nitrogen and oxygen atoms in total. The molecule has 0 radical (unpaired) electrons. The van der Waals surface area contributed by atoms with E-state index in [4.69, 9.17) is 9.63 Å². The number of nitrogens with one attached hydrogen (secondary N) is 1. The third-order valence-corrected chi connectivity index (χ3v) is 4.34. The average molecular weight is 393 g/mol. The fraction of sp³-hybridized carbons (Fsp3) is 0.273. The van der Waals surface area contributed by atoms with E-state index in [0.29, 0.717) is 35.0 Å². The van der Waals surface area contributed by atoms with Crippen LogP contribution in [0, 0.1) is 0 Å². The van der Waals surface area contributed by atoms with Crippen LogP contribution < -0.4 is 5.32 Å². The number of rotatable bonds is 6. The predicted molar refractivity (Wildman–Crippen MR) is 109 cm³/mol. The van der Waals surface area contributed by atoms with E-state index >= 15 is 0 Å². The van der Waals surface area contributed by atoms with Crippen molar-refractivity contribution in [2.24, 2.45) is 0 Å². The van der Waals surface area contributed by atoms with E-state index < -0.39 is 5.97 Å². The molecular weight excluding hydrogens is 370 g/mol. The number of carbonyl (C=O) groups excluding carboxylic acids is 1. The van der Waals surface area contributed by atoms with Crippen LogP contribution in [0.3, 0.4) is 0 Å². The minimum absolute atomic E-state index is 0.0693. The summed E-state index contributed by atoms with van der Waals surface area (Å²) in [5.41, 5.74) is 2.23. The lowest BCUT2D eigenvalue weighted by molar-refractivity contribution is -0.136. The number of carbonyl (C=O) groups is 2. The van der Waals surface area contributed by atoms with Crippen molar-refractivity contribution in [2.45, 2.75) is 39.0 Å². The molecule has 0 aliphatic carbocycles. The lowest BCUT2D eigenvalue weighted by Crippen LogP contribution is -2.14. The highest BCUT2D eigenvalue weighted by atomic mass is 16.5. The highest BCUT2D eigenvalue weighted by Gasteiger charge is 2.23. The van der Waals surface area contributed by atoms with Gasteiger partial charge in [0.05, 0.1) is 11.1 Å². The molecule has 3 rings (SSSR count). The van der Waals surface area contributed by atoms with Crippen LogP contribution in [-0.4, -0.2) is 27.1 Å². The van der Waals surface area contributed by atoms with E-state index in [1.54, 1.807) is 42.5 Å². The molecule has 29 heavy (non-hydrogen) atoms. The quantitative estimate of drug-likeness (QED) is 0.647. The lowest BCUT2D eigenvalue weighted by atomic mass is 9.96. The summed E-state index contributed by atoms with van der Waals surface area (Å²) in [6.45, 7) is 5.96. The summed E-state index contributed by atoms with van der Waals surface area (Å²) >= 11 is 0. The topological polar surface area (TPSA) is 105 Å². The second-order valence-corrected chi connectivity index (χ2v) is 7.76. The zero-order valence-corrected chi connectivity index (χ0v) is 16.6. The number of carboxylic acids is 1. The van der Waals surface area contributed by atoms with Gasteiger partial charge in [0.1, 0.15) is 0 Å². The Morgan fingerprint density at radius 2 is 1.76 bits per heavy atom. The molecule has 1 amide bonds. The molecule has 2 N–H and O–H groups in total. The second-order valence-electron chi connectivity index (χ2n) is 7.76. The molecular formula is C22H23N3O4. The van der Waals surface area contributed by atoms with Gasteiger partial charge in [-0.25, -0.2) is 0 Å². The Bertz CT molecular complexity index is 1020. The number of anilines is 1. The molecule has 1 heterocycles. The van der Waals surface area contributed by atoms with Crippen molar-refractivity contribution in [1.29, 1.82) is 0 Å². The van der Waals surface area contributed by atoms with E-state index in [9.17, 15) is 9.59 Å². The third kappa shape index (κ3) is 5.07. The molecule has 1 aromatic heterocycles. The van der Waals surface area contributed by atoms with Gasteiger partial charge in [-0.05, 0) is 36.2 Å². The molecule has 7 heteroatoms. The Hall–Kier alpha value is -3.48. The summed E-state index contributed by atoms with van der Waals surface area (Å²) in [6.07, 6.45) is 0.513. The maximum atomic E-state index is 12.8. The van der Waals surface area contributed by atoms with Gasteiger partial charge in [0.25, 0.3) is 11.8 Å². The maximum Gasteiger partial charge on any atom is 0.303 e. The van der Waals surface area contributed by atoms with E-state index in [2.05, 4.69) is 15.5 Å². The first-order valence-corrected chi connectivity index (χ1v) is 9.30. The van der Waals surface area contributed by atoms with E-state index in [1.165, 1.54) is 0 Å². The molecule has 0 atom stereocenters. The Labute approximate surface area is 168 Å². The highest BCUT2D eigenvalue weighted by Crippen LogP contribution is 2.26. The van der Waals surface area contributed by atoms with Gasteiger partial charge < -0.3 is 14.9 Å². The van der Waals surface area contributed by atoms with Gasteiger partial charge in [0, 0.05) is 17.5 Å². The number of amides is 1. The molecule has 2 aromatic carbocycles. The number of hydrogen-bond acceptors (Lipinski definition) is 5. The minimum Gasteiger partial charge on any atom is -0.481 e. The van der Waals surface area contributed by atoms with Crippen molar-refractivity contribution >= 4 is 17.6 Å². The molecule has 0 bridgehead atoms. The molecule has 0 saturated heterocycles. The zero-order chi connectivity index (χ0) is 21.0. The summed E-state index contributed by atoms with van der Waals surface area (Å²) in [7, 11) is 0. The molecule has 0 saturated carbocycles. The van der Waals surface area contributed by atoms with Gasteiger partial charge in [-0.1, -0.05) is 50.2 Å². The maximum absolute atomic E-state index is 12.8. The monoisotopic (exact) mass is 393 g/mol. The Morgan fingerprint density at radius 3 is 2.38 bits per heavy atom. The van der Waals surface area contributed by atoms with Gasteiger partial charge >= 0.3 is 5.97 Å². The van der Waals surface area contributed by atoms with E-state index in [-0.39, 0.29) is 17.7 Å². The number of benzene rings is 2. The molecule has 0 aliphatic rings. The van der Waals surface area contributed by atoms with Gasteiger partial charge in [-0.15, -0.1) is 0 Å². The molecule has 0 aliphatic heterocycles. The van der Waals surface area contributed by atoms with Crippen LogP contribution in [0.15, 0.2) is 53.1 Å². The summed E-state index contributed by atoms with van der Waals surface area (Å²) in [6, 6.07) is 14.2. The van der Waals surface area contributed by atoms with Crippen molar-refractivity contribution in [3.63, 3.8) is 0 Å². The molecule has 0 fully saturated rings. The normalized spacial score (nSPS) is 11.3. The standard InChI is InChI=1S/C22H23N3O4/c1-22(2,3)21-24-20(29-25-21)17-7-5-4-6-16(17)19(28)23-15-11-8-14(9-12-15)10-13-18(26)27/h4-9,11-12H,10,13H2,1-3H3,(H,23,28)(H,26,27). The fourth-order valence-electron chi connectivity index (χ4n) is 2.71. The number of aromatic nitrogens is 2. The van der Waals surface area contributed by atoms with E-state index in [0.717, 1.165) is 5.56 Å². The Morgan fingerprint density at radius 1 is 1.07 bits per heavy atom. The van der Waals surface area contributed by atoms with Crippen molar-refractivity contribution < 1.29 is 19.2 Å². The smallest absolute Gasteiger partial charge is 0.303 e. The second kappa shape index (κ2) is 8.26. The van der Waals surface area contributed by atoms with Crippen molar-refractivity contribution in [3.05, 3.63) is 65.5 Å². The molecule has 150 valence electrons. The SMILES string of the molecule is CC(C)(C)c1noc(-c2ccccc2C(=O)Nc2ccc(CCC(=O)O)cc2)n1. The van der Waals surface area contributed by atoms with Crippen LogP contribution in [0.4, 0.5) is 5.69 Å². The third-order valence-electron chi connectivity index (χ3n) is 4.34. The average Bonchev–Trinajstić information content (AvgIpc) is 3.18.